The molecule has 32 heavy (non-hydrogen) atoms. The fourth-order valence-corrected chi connectivity index (χ4v) is 3.25. The fraction of sp³-hybridized carbons (Fsp3) is 0.545. The van der Waals surface area contributed by atoms with Gasteiger partial charge in [0.05, 0.1) is 12.1 Å². The van der Waals surface area contributed by atoms with Crippen molar-refractivity contribution in [2.45, 2.75) is 58.2 Å². The Hall–Kier alpha value is -3.14. The van der Waals surface area contributed by atoms with E-state index in [1.807, 2.05) is 13.8 Å². The first-order valence-corrected chi connectivity index (χ1v) is 10.6. The molecule has 0 radical (unpaired) electrons. The predicted octanol–water partition coefficient (Wildman–Crippen LogP) is 0.186. The van der Waals surface area contributed by atoms with Crippen molar-refractivity contribution in [1.82, 2.24) is 21.3 Å². The van der Waals surface area contributed by atoms with Crippen molar-refractivity contribution in [3.63, 3.8) is 0 Å². The third kappa shape index (κ3) is 9.34. The molecule has 0 fully saturated rings. The van der Waals surface area contributed by atoms with Crippen molar-refractivity contribution in [2.75, 3.05) is 13.6 Å². The normalized spacial score (nSPS) is 13.7. The minimum absolute atomic E-state index is 0.000274. The second-order valence-corrected chi connectivity index (χ2v) is 8.05. The number of aromatic hydroxyl groups is 1. The summed E-state index contributed by atoms with van der Waals surface area (Å²) in [4.78, 5) is 48.7. The highest BCUT2D eigenvalue weighted by atomic mass is 16.3. The Bertz CT molecular complexity index is 781. The Morgan fingerprint density at radius 3 is 2.09 bits per heavy atom. The summed E-state index contributed by atoms with van der Waals surface area (Å²) in [6, 6.07) is 3.51. The van der Waals surface area contributed by atoms with Crippen LogP contribution in [0.4, 0.5) is 4.79 Å². The molecule has 0 aliphatic rings. The van der Waals surface area contributed by atoms with Crippen LogP contribution in [-0.4, -0.2) is 60.5 Å². The summed E-state index contributed by atoms with van der Waals surface area (Å²) in [7, 11) is 1.67. The average molecular weight is 450 g/mol. The monoisotopic (exact) mass is 449 g/mol. The van der Waals surface area contributed by atoms with Gasteiger partial charge in [0.25, 0.3) is 0 Å². The summed E-state index contributed by atoms with van der Waals surface area (Å²) in [6.07, 6.45) is 0.891. The maximum Gasteiger partial charge on any atom is 0.312 e. The zero-order valence-corrected chi connectivity index (χ0v) is 19.1. The summed E-state index contributed by atoms with van der Waals surface area (Å²) in [5, 5.41) is 20.3. The lowest BCUT2D eigenvalue weighted by atomic mass is 10.0. The topological polar surface area (TPSA) is 163 Å². The molecule has 0 aliphatic heterocycles. The molecular weight excluding hydrogens is 414 g/mol. The zero-order valence-electron chi connectivity index (χ0n) is 19.1. The molecule has 0 unspecified atom stereocenters. The molecule has 0 aliphatic carbocycles. The molecule has 1 aromatic rings. The molecule has 3 atom stereocenters. The largest absolute Gasteiger partial charge is 0.508 e. The number of hydrogen-bond donors (Lipinski definition) is 6. The molecule has 0 bridgehead atoms. The van der Waals surface area contributed by atoms with Crippen LogP contribution in [0.15, 0.2) is 24.3 Å². The predicted molar refractivity (Wildman–Crippen MR) is 121 cm³/mol. The first kappa shape index (κ1) is 26.9. The lowest BCUT2D eigenvalue weighted by molar-refractivity contribution is -0.132. The third-order valence-electron chi connectivity index (χ3n) is 5.05. The van der Waals surface area contributed by atoms with Crippen molar-refractivity contribution in [3.05, 3.63) is 29.8 Å². The number of amides is 4. The van der Waals surface area contributed by atoms with Gasteiger partial charge in [0.15, 0.2) is 5.78 Å². The summed E-state index contributed by atoms with van der Waals surface area (Å²) in [5.74, 6) is -0.950. The summed E-state index contributed by atoms with van der Waals surface area (Å²) >= 11 is 0. The molecule has 10 heteroatoms. The van der Waals surface area contributed by atoms with Crippen LogP contribution in [0, 0.1) is 5.92 Å². The van der Waals surface area contributed by atoms with Crippen LogP contribution in [0.2, 0.25) is 0 Å². The van der Waals surface area contributed by atoms with Gasteiger partial charge in [-0.25, -0.2) is 4.79 Å². The van der Waals surface area contributed by atoms with Gasteiger partial charge in [0, 0.05) is 6.54 Å². The van der Waals surface area contributed by atoms with Crippen LogP contribution < -0.4 is 27.0 Å². The summed E-state index contributed by atoms with van der Waals surface area (Å²) in [6.45, 7) is 5.40. The first-order valence-electron chi connectivity index (χ1n) is 10.6. The van der Waals surface area contributed by atoms with Gasteiger partial charge in [0.1, 0.15) is 11.8 Å². The molecular formula is C22H35N5O5. The van der Waals surface area contributed by atoms with Crippen LogP contribution in [0.1, 0.15) is 39.2 Å². The Kier molecular flexibility index (Phi) is 11.2. The van der Waals surface area contributed by atoms with Crippen molar-refractivity contribution >= 4 is 23.6 Å². The van der Waals surface area contributed by atoms with Crippen molar-refractivity contribution < 1.29 is 24.3 Å². The number of phenols is 1. The smallest absolute Gasteiger partial charge is 0.312 e. The number of phenolic OH excluding ortho intramolecular Hbond substituents is 1. The maximum atomic E-state index is 13.0. The van der Waals surface area contributed by atoms with Gasteiger partial charge in [-0.3, -0.25) is 14.4 Å². The molecule has 0 heterocycles. The summed E-state index contributed by atoms with van der Waals surface area (Å²) < 4.78 is 0. The fourth-order valence-electron chi connectivity index (χ4n) is 3.25. The first-order chi connectivity index (χ1) is 15.0. The number of nitrogens with two attached hydrogens (primary N) is 1. The Balaban J connectivity index is 2.91. The van der Waals surface area contributed by atoms with Gasteiger partial charge >= 0.3 is 6.03 Å². The Morgan fingerprint density at radius 1 is 1.00 bits per heavy atom. The third-order valence-corrected chi connectivity index (χ3v) is 5.05. The number of rotatable bonds is 13. The Morgan fingerprint density at radius 2 is 1.59 bits per heavy atom. The minimum Gasteiger partial charge on any atom is -0.508 e. The van der Waals surface area contributed by atoms with E-state index >= 15 is 0 Å². The highest BCUT2D eigenvalue weighted by Crippen LogP contribution is 2.12. The number of nitrogens with one attached hydrogen (secondary N) is 4. The summed E-state index contributed by atoms with van der Waals surface area (Å²) in [5.41, 5.74) is 5.83. The number of ketones is 1. The number of primary amides is 1. The Labute approximate surface area is 188 Å². The quantitative estimate of drug-likeness (QED) is 0.235. The molecule has 0 saturated carbocycles. The van der Waals surface area contributed by atoms with Crippen LogP contribution in [-0.2, 0) is 20.8 Å². The van der Waals surface area contributed by atoms with Gasteiger partial charge in [-0.2, -0.15) is 0 Å². The second-order valence-electron chi connectivity index (χ2n) is 8.05. The van der Waals surface area contributed by atoms with E-state index in [2.05, 4.69) is 21.3 Å². The van der Waals surface area contributed by atoms with E-state index in [0.717, 1.165) is 5.56 Å². The molecule has 1 aromatic carbocycles. The zero-order chi connectivity index (χ0) is 24.3. The standard InChI is InChI=1S/C22H35N5O5/c1-13(2)19(24-4)21(31)26-17(6-5-11-25-22(23)32)20(30)27-18(14(3)28)12-15-7-9-16(29)10-8-15/h7-10,13,17-19,24,29H,5-6,11-12H2,1-4H3,(H,26,31)(H,27,30)(H3,23,25,32)/t17-,18-,19-/m0/s1. The van der Waals surface area contributed by atoms with Gasteiger partial charge in [-0.1, -0.05) is 26.0 Å². The van der Waals surface area contributed by atoms with E-state index in [9.17, 15) is 24.3 Å². The van der Waals surface area contributed by atoms with E-state index in [1.165, 1.54) is 19.1 Å². The van der Waals surface area contributed by atoms with E-state index in [-0.39, 0.29) is 42.7 Å². The number of Topliss-reactive ketones (excluding diaryl/α,β-unsaturated/α-hetero) is 1. The van der Waals surface area contributed by atoms with E-state index < -0.39 is 30.1 Å². The van der Waals surface area contributed by atoms with Crippen LogP contribution in [0.25, 0.3) is 0 Å². The minimum atomic E-state index is -0.895. The highest BCUT2D eigenvalue weighted by Gasteiger charge is 2.28. The van der Waals surface area contributed by atoms with Crippen molar-refractivity contribution in [1.29, 1.82) is 0 Å². The van der Waals surface area contributed by atoms with E-state index in [1.54, 1.807) is 19.2 Å². The number of carbonyl (C=O) groups is 4. The molecule has 0 spiro atoms. The van der Waals surface area contributed by atoms with Gasteiger partial charge in [-0.05, 0) is 56.8 Å². The molecule has 7 N–H and O–H groups in total. The van der Waals surface area contributed by atoms with Crippen LogP contribution in [0.3, 0.4) is 0 Å². The van der Waals surface area contributed by atoms with Crippen molar-refractivity contribution in [3.8, 4) is 5.75 Å². The molecule has 1 rings (SSSR count). The lowest BCUT2D eigenvalue weighted by Crippen LogP contribution is -2.56. The number of likely N-dealkylation sites (N-methyl/N-ethyl adjacent to an activating group) is 1. The van der Waals surface area contributed by atoms with E-state index in [4.69, 9.17) is 5.73 Å². The lowest BCUT2D eigenvalue weighted by Gasteiger charge is -2.26. The van der Waals surface area contributed by atoms with E-state index in [0.29, 0.717) is 6.42 Å². The molecule has 10 nitrogen and oxygen atoms in total. The SMILES string of the molecule is CN[C@H](C(=O)N[C@@H](CCCNC(N)=O)C(=O)N[C@@H](Cc1ccc(O)cc1)C(C)=O)C(C)C. The van der Waals surface area contributed by atoms with Crippen molar-refractivity contribution in [2.24, 2.45) is 11.7 Å². The number of carbonyl (C=O) groups excluding carboxylic acids is 4. The second kappa shape index (κ2) is 13.3. The van der Waals surface area contributed by atoms with Gasteiger partial charge in [0.2, 0.25) is 11.8 Å². The molecule has 0 saturated heterocycles. The van der Waals surface area contributed by atoms with Gasteiger partial charge < -0.3 is 32.1 Å². The number of urea groups is 1. The maximum absolute atomic E-state index is 13.0. The number of benzene rings is 1. The molecule has 178 valence electrons. The molecule has 0 aromatic heterocycles. The number of hydrogen-bond acceptors (Lipinski definition) is 6. The average Bonchev–Trinajstić information content (AvgIpc) is 2.71. The molecule has 4 amide bonds. The highest BCUT2D eigenvalue weighted by molar-refractivity contribution is 5.93. The van der Waals surface area contributed by atoms with Gasteiger partial charge in [-0.15, -0.1) is 0 Å². The van der Waals surface area contributed by atoms with Crippen LogP contribution >= 0.6 is 0 Å². The van der Waals surface area contributed by atoms with Crippen LogP contribution in [0.5, 0.6) is 5.75 Å².